The summed E-state index contributed by atoms with van der Waals surface area (Å²) in [6, 6.07) is 11.7. The maximum Gasteiger partial charge on any atom is 0.304 e. The van der Waals surface area contributed by atoms with Crippen LogP contribution in [0.5, 0.6) is 5.75 Å². The van der Waals surface area contributed by atoms with Gasteiger partial charge in [-0.3, -0.25) is 15.0 Å². The second kappa shape index (κ2) is 7.58. The summed E-state index contributed by atoms with van der Waals surface area (Å²) >= 11 is 0. The molecule has 1 aliphatic carbocycles. The Morgan fingerprint density at radius 2 is 1.86 bits per heavy atom. The minimum Gasteiger partial charge on any atom is -0.491 e. The van der Waals surface area contributed by atoms with Crippen molar-refractivity contribution < 1.29 is 19.4 Å². The first-order valence-electron chi connectivity index (χ1n) is 9.66. The van der Waals surface area contributed by atoms with Gasteiger partial charge in [0.15, 0.2) is 0 Å². The number of amidine groups is 1. The van der Waals surface area contributed by atoms with Gasteiger partial charge in [-0.2, -0.15) is 0 Å². The van der Waals surface area contributed by atoms with E-state index in [-0.39, 0.29) is 24.2 Å². The molecule has 0 saturated carbocycles. The molecule has 2 aromatic rings. The smallest absolute Gasteiger partial charge is 0.304 e. The van der Waals surface area contributed by atoms with Crippen LogP contribution in [0.25, 0.3) is 11.1 Å². The number of fused-ring (bicyclic) bond motifs is 3. The molecule has 2 atom stereocenters. The molecule has 150 valence electrons. The van der Waals surface area contributed by atoms with Crippen LogP contribution in [0.2, 0.25) is 0 Å². The van der Waals surface area contributed by atoms with Crippen molar-refractivity contribution in [3.63, 3.8) is 0 Å². The maximum atomic E-state index is 11.9. The lowest BCUT2D eigenvalue weighted by atomic mass is 9.84. The number of ether oxygens (including phenoxy) is 1. The highest BCUT2D eigenvalue weighted by atomic mass is 16.5. The van der Waals surface area contributed by atoms with E-state index < -0.39 is 11.9 Å². The highest BCUT2D eigenvalue weighted by Gasteiger charge is 2.33. The molecular weight excluding hydrogens is 370 g/mol. The van der Waals surface area contributed by atoms with E-state index >= 15 is 0 Å². The number of aliphatic carboxylic acids is 1. The predicted octanol–water partition coefficient (Wildman–Crippen LogP) is 2.09. The highest BCUT2D eigenvalue weighted by Crippen LogP contribution is 2.36. The van der Waals surface area contributed by atoms with Crippen molar-refractivity contribution in [2.75, 3.05) is 6.61 Å². The molecule has 0 unspecified atom stereocenters. The molecule has 0 spiro atoms. The Morgan fingerprint density at radius 1 is 1.17 bits per heavy atom. The van der Waals surface area contributed by atoms with Crippen LogP contribution in [0.4, 0.5) is 0 Å². The van der Waals surface area contributed by atoms with Crippen molar-refractivity contribution in [2.24, 2.45) is 11.7 Å². The SMILES string of the molecule is N=C(N)c1ccc2c(c1)CCc1cc(OC[C@@H]3C[C@@H](CC(=O)O)C(=O)N3)ccc1-2. The maximum absolute atomic E-state index is 11.9. The van der Waals surface area contributed by atoms with E-state index in [2.05, 4.69) is 5.32 Å². The average molecular weight is 393 g/mol. The second-order valence-electron chi connectivity index (χ2n) is 7.65. The van der Waals surface area contributed by atoms with Crippen LogP contribution >= 0.6 is 0 Å². The second-order valence-corrected chi connectivity index (χ2v) is 7.65. The van der Waals surface area contributed by atoms with Crippen molar-refractivity contribution in [1.82, 2.24) is 5.32 Å². The van der Waals surface area contributed by atoms with E-state index in [1.165, 1.54) is 11.1 Å². The number of aryl methyl sites for hydroxylation is 2. The van der Waals surface area contributed by atoms with Crippen LogP contribution < -0.4 is 15.8 Å². The Kier molecular flexibility index (Phi) is 4.96. The molecule has 29 heavy (non-hydrogen) atoms. The third-order valence-electron chi connectivity index (χ3n) is 5.61. The number of hydrogen-bond donors (Lipinski definition) is 4. The Morgan fingerprint density at radius 3 is 2.55 bits per heavy atom. The Labute approximate surface area is 168 Å². The van der Waals surface area contributed by atoms with Gasteiger partial charge in [0, 0.05) is 5.56 Å². The fourth-order valence-corrected chi connectivity index (χ4v) is 4.15. The Hall–Kier alpha value is -3.35. The number of carbonyl (C=O) groups excluding carboxylic acids is 1. The molecule has 5 N–H and O–H groups in total. The Balaban J connectivity index is 1.44. The summed E-state index contributed by atoms with van der Waals surface area (Å²) in [6.45, 7) is 0.319. The van der Waals surface area contributed by atoms with Gasteiger partial charge in [0.2, 0.25) is 5.91 Å². The van der Waals surface area contributed by atoms with Gasteiger partial charge in [-0.25, -0.2) is 0 Å². The number of benzene rings is 2. The molecule has 0 aromatic heterocycles. The van der Waals surface area contributed by atoms with E-state index in [0.29, 0.717) is 13.0 Å². The first-order chi connectivity index (χ1) is 13.9. The monoisotopic (exact) mass is 393 g/mol. The summed E-state index contributed by atoms with van der Waals surface area (Å²) in [5, 5.41) is 19.3. The van der Waals surface area contributed by atoms with Gasteiger partial charge in [-0.15, -0.1) is 0 Å². The fourth-order valence-electron chi connectivity index (χ4n) is 4.15. The summed E-state index contributed by atoms with van der Waals surface area (Å²) in [5.41, 5.74) is 11.0. The standard InChI is InChI=1S/C22H23N3O4/c23-21(24)14-3-5-18-12(7-14)1-2-13-9-17(4-6-19(13)18)29-11-16-8-15(10-20(26)27)22(28)25-16/h3-7,9,15-16H,1-2,8,10-11H2,(H3,23,24)(H,25,28)(H,26,27)/t15-,16-/m0/s1. The van der Waals surface area contributed by atoms with Crippen LogP contribution in [-0.4, -0.2) is 35.5 Å². The molecule has 0 bridgehead atoms. The lowest BCUT2D eigenvalue weighted by molar-refractivity contribution is -0.140. The van der Waals surface area contributed by atoms with Gasteiger partial charge < -0.3 is 20.9 Å². The molecule has 2 aromatic carbocycles. The minimum absolute atomic E-state index is 0.0759. The quantitative estimate of drug-likeness (QED) is 0.442. The van der Waals surface area contributed by atoms with E-state index in [1.54, 1.807) is 0 Å². The fraction of sp³-hybridized carbons (Fsp3) is 0.318. The molecule has 1 heterocycles. The van der Waals surface area contributed by atoms with Crippen molar-refractivity contribution in [1.29, 1.82) is 5.41 Å². The van der Waals surface area contributed by atoms with Crippen molar-refractivity contribution >= 4 is 17.7 Å². The van der Waals surface area contributed by atoms with Gasteiger partial charge in [-0.1, -0.05) is 18.2 Å². The molecule has 1 saturated heterocycles. The zero-order chi connectivity index (χ0) is 20.5. The number of carbonyl (C=O) groups is 2. The highest BCUT2D eigenvalue weighted by molar-refractivity contribution is 5.96. The van der Waals surface area contributed by atoms with Crippen LogP contribution in [0, 0.1) is 11.3 Å². The number of carboxylic acid groups (broad SMARTS) is 1. The normalized spacial score (nSPS) is 19.8. The first kappa shape index (κ1) is 19.0. The number of carboxylic acids is 1. The Bertz CT molecular complexity index is 1000. The number of rotatable bonds is 6. The van der Waals surface area contributed by atoms with Crippen LogP contribution in [-0.2, 0) is 22.4 Å². The van der Waals surface area contributed by atoms with Gasteiger partial charge >= 0.3 is 5.97 Å². The third kappa shape index (κ3) is 3.94. The lowest BCUT2D eigenvalue weighted by Gasteiger charge is -2.22. The molecule has 1 fully saturated rings. The van der Waals surface area contributed by atoms with Crippen LogP contribution in [0.1, 0.15) is 29.5 Å². The largest absolute Gasteiger partial charge is 0.491 e. The average Bonchev–Trinajstić information content (AvgIpc) is 3.04. The molecule has 1 amide bonds. The molecule has 2 aliphatic rings. The number of nitrogen functional groups attached to an aromatic ring is 1. The van der Waals surface area contributed by atoms with Crippen molar-refractivity contribution in [3.8, 4) is 16.9 Å². The number of amides is 1. The van der Waals surface area contributed by atoms with Crippen molar-refractivity contribution in [3.05, 3.63) is 53.1 Å². The van der Waals surface area contributed by atoms with E-state index in [4.69, 9.17) is 21.0 Å². The third-order valence-corrected chi connectivity index (χ3v) is 5.61. The van der Waals surface area contributed by atoms with E-state index in [0.717, 1.165) is 35.3 Å². The van der Waals surface area contributed by atoms with Crippen LogP contribution in [0.3, 0.4) is 0 Å². The predicted molar refractivity (Wildman–Crippen MR) is 108 cm³/mol. The van der Waals surface area contributed by atoms with Gasteiger partial charge in [0.05, 0.1) is 18.4 Å². The zero-order valence-corrected chi connectivity index (χ0v) is 15.9. The molecule has 7 nitrogen and oxygen atoms in total. The van der Waals surface area contributed by atoms with E-state index in [1.807, 2.05) is 36.4 Å². The molecule has 7 heteroatoms. The summed E-state index contributed by atoms with van der Waals surface area (Å²) in [6.07, 6.45) is 2.08. The summed E-state index contributed by atoms with van der Waals surface area (Å²) in [4.78, 5) is 22.7. The number of nitrogens with two attached hydrogens (primary N) is 1. The van der Waals surface area contributed by atoms with Gasteiger partial charge in [0.25, 0.3) is 0 Å². The summed E-state index contributed by atoms with van der Waals surface area (Å²) < 4.78 is 5.89. The van der Waals surface area contributed by atoms with Gasteiger partial charge in [0.1, 0.15) is 18.2 Å². The first-order valence-corrected chi connectivity index (χ1v) is 9.66. The zero-order valence-electron chi connectivity index (χ0n) is 15.9. The number of nitrogens with one attached hydrogen (secondary N) is 2. The van der Waals surface area contributed by atoms with Crippen LogP contribution in [0.15, 0.2) is 36.4 Å². The molecule has 1 aliphatic heterocycles. The topological polar surface area (TPSA) is 126 Å². The molecule has 0 radical (unpaired) electrons. The minimum atomic E-state index is -0.961. The summed E-state index contributed by atoms with van der Waals surface area (Å²) in [5.74, 6) is -0.846. The summed E-state index contributed by atoms with van der Waals surface area (Å²) in [7, 11) is 0. The molecular formula is C22H23N3O4. The van der Waals surface area contributed by atoms with E-state index in [9.17, 15) is 9.59 Å². The van der Waals surface area contributed by atoms with Crippen molar-refractivity contribution in [2.45, 2.75) is 31.7 Å². The van der Waals surface area contributed by atoms with Gasteiger partial charge in [-0.05, 0) is 59.7 Å². The number of hydrogen-bond acceptors (Lipinski definition) is 4. The lowest BCUT2D eigenvalue weighted by Crippen LogP contribution is -2.31. The molecule has 4 rings (SSSR count).